The molecule has 1 saturated heterocycles. The van der Waals surface area contributed by atoms with Crippen LogP contribution in [0, 0.1) is 11.8 Å². The SMILES string of the molecule is CC(=O)c1ccc(N2C(=O)[C@@H]3[C@H](C2=O)[C@@H]2CC(=O)[C@H]3c3ccccc32)cc1. The predicted octanol–water partition coefficient (Wildman–Crippen LogP) is 2.85. The number of fused-ring (bicyclic) bond motifs is 1. The molecule has 5 nitrogen and oxygen atoms in total. The van der Waals surface area contributed by atoms with Crippen LogP contribution < -0.4 is 4.90 Å². The third kappa shape index (κ3) is 2.05. The van der Waals surface area contributed by atoms with Crippen LogP contribution in [-0.4, -0.2) is 23.4 Å². The summed E-state index contributed by atoms with van der Waals surface area (Å²) in [5.41, 5.74) is 2.91. The molecule has 1 aliphatic heterocycles. The van der Waals surface area contributed by atoms with E-state index in [9.17, 15) is 19.2 Å². The summed E-state index contributed by atoms with van der Waals surface area (Å²) < 4.78 is 0. The first-order valence-electron chi connectivity index (χ1n) is 9.09. The number of anilines is 1. The van der Waals surface area contributed by atoms with Gasteiger partial charge in [-0.15, -0.1) is 0 Å². The van der Waals surface area contributed by atoms with E-state index in [1.165, 1.54) is 11.8 Å². The molecule has 6 rings (SSSR count). The highest BCUT2D eigenvalue weighted by molar-refractivity contribution is 6.24. The van der Waals surface area contributed by atoms with Crippen molar-refractivity contribution in [2.24, 2.45) is 11.8 Å². The van der Waals surface area contributed by atoms with Gasteiger partial charge in [-0.05, 0) is 42.3 Å². The Hall–Kier alpha value is -3.08. The van der Waals surface area contributed by atoms with Crippen LogP contribution in [0.3, 0.4) is 0 Å². The van der Waals surface area contributed by atoms with Gasteiger partial charge in [0.15, 0.2) is 5.78 Å². The van der Waals surface area contributed by atoms with Crippen molar-refractivity contribution in [3.63, 3.8) is 0 Å². The first-order valence-corrected chi connectivity index (χ1v) is 9.09. The third-order valence-electron chi connectivity index (χ3n) is 6.22. The summed E-state index contributed by atoms with van der Waals surface area (Å²) in [5, 5.41) is 0. The van der Waals surface area contributed by atoms with Gasteiger partial charge in [-0.1, -0.05) is 24.3 Å². The molecule has 27 heavy (non-hydrogen) atoms. The zero-order valence-electron chi connectivity index (χ0n) is 14.7. The summed E-state index contributed by atoms with van der Waals surface area (Å²) in [6.07, 6.45) is 0.318. The monoisotopic (exact) mass is 359 g/mol. The number of carbonyl (C=O) groups excluding carboxylic acids is 4. The molecule has 1 saturated carbocycles. The highest BCUT2D eigenvalue weighted by Crippen LogP contribution is 2.57. The molecule has 0 spiro atoms. The van der Waals surface area contributed by atoms with E-state index >= 15 is 0 Å². The summed E-state index contributed by atoms with van der Waals surface area (Å²) in [6.45, 7) is 1.47. The lowest BCUT2D eigenvalue weighted by Gasteiger charge is -2.43. The predicted molar refractivity (Wildman–Crippen MR) is 97.5 cm³/mol. The van der Waals surface area contributed by atoms with Crippen LogP contribution in [-0.2, 0) is 14.4 Å². The molecule has 1 heterocycles. The van der Waals surface area contributed by atoms with Crippen LogP contribution in [0.5, 0.6) is 0 Å². The fourth-order valence-corrected chi connectivity index (χ4v) is 5.06. The molecule has 0 unspecified atom stereocenters. The van der Waals surface area contributed by atoms with Crippen molar-refractivity contribution in [3.8, 4) is 0 Å². The number of amides is 2. The molecule has 134 valence electrons. The van der Waals surface area contributed by atoms with Gasteiger partial charge in [0.05, 0.1) is 23.4 Å². The standard InChI is InChI=1S/C22H17NO4/c1-11(24)12-6-8-13(9-7-12)23-21(26)19-16-10-17(25)18(20(19)22(23)27)15-5-3-2-4-14(15)16/h2-9,16,18-20H,10H2,1H3/t16-,18-,19-,20+/m1/s1. The molecule has 3 aliphatic carbocycles. The van der Waals surface area contributed by atoms with Crippen LogP contribution in [0.1, 0.15) is 46.7 Å². The number of imide groups is 1. The lowest BCUT2D eigenvalue weighted by molar-refractivity contribution is -0.134. The van der Waals surface area contributed by atoms with E-state index in [0.717, 1.165) is 11.1 Å². The minimum absolute atomic E-state index is 0.0508. The van der Waals surface area contributed by atoms with E-state index in [-0.39, 0.29) is 29.3 Å². The lowest BCUT2D eigenvalue weighted by atomic mass is 9.56. The van der Waals surface area contributed by atoms with Crippen LogP contribution in [0.25, 0.3) is 0 Å². The highest BCUT2D eigenvalue weighted by Gasteiger charge is 2.62. The summed E-state index contributed by atoms with van der Waals surface area (Å²) >= 11 is 0. The van der Waals surface area contributed by atoms with Gasteiger partial charge in [-0.25, -0.2) is 0 Å². The second-order valence-corrected chi connectivity index (χ2v) is 7.55. The zero-order valence-corrected chi connectivity index (χ0v) is 14.7. The van der Waals surface area contributed by atoms with Crippen LogP contribution in [0.4, 0.5) is 5.69 Å². The molecular weight excluding hydrogens is 342 g/mol. The van der Waals surface area contributed by atoms with Gasteiger partial charge >= 0.3 is 0 Å². The van der Waals surface area contributed by atoms with Crippen molar-refractivity contribution in [1.29, 1.82) is 0 Å². The molecule has 0 radical (unpaired) electrons. The Morgan fingerprint density at radius 2 is 1.52 bits per heavy atom. The third-order valence-corrected chi connectivity index (χ3v) is 6.22. The molecule has 2 aromatic rings. The number of hydrogen-bond acceptors (Lipinski definition) is 4. The number of carbonyl (C=O) groups is 4. The Balaban J connectivity index is 1.59. The number of nitrogens with zero attached hydrogens (tertiary/aromatic N) is 1. The second kappa shape index (κ2) is 5.46. The van der Waals surface area contributed by atoms with Gasteiger partial charge in [0.2, 0.25) is 11.8 Å². The Kier molecular flexibility index (Phi) is 3.26. The summed E-state index contributed by atoms with van der Waals surface area (Å²) in [5.74, 6) is -2.44. The average molecular weight is 359 g/mol. The maximum atomic E-state index is 13.2. The average Bonchev–Trinajstić information content (AvgIpc) is 2.94. The number of rotatable bonds is 2. The van der Waals surface area contributed by atoms with Gasteiger partial charge in [0.25, 0.3) is 0 Å². The molecule has 0 aromatic heterocycles. The normalized spacial score (nSPS) is 28.3. The maximum Gasteiger partial charge on any atom is 0.238 e. The molecule has 4 aliphatic rings. The molecule has 5 heteroatoms. The van der Waals surface area contributed by atoms with Crippen molar-refractivity contribution in [2.75, 3.05) is 4.90 Å². The van der Waals surface area contributed by atoms with Gasteiger partial charge in [-0.3, -0.25) is 24.1 Å². The molecule has 0 N–H and O–H groups in total. The fraction of sp³-hybridized carbons (Fsp3) is 0.273. The summed E-state index contributed by atoms with van der Waals surface area (Å²) in [7, 11) is 0. The molecule has 2 bridgehead atoms. The van der Waals surface area contributed by atoms with Gasteiger partial charge in [0.1, 0.15) is 5.78 Å². The Labute approximate surface area is 156 Å². The molecule has 2 fully saturated rings. The van der Waals surface area contributed by atoms with Gasteiger partial charge < -0.3 is 0 Å². The first-order chi connectivity index (χ1) is 13.0. The van der Waals surface area contributed by atoms with Crippen LogP contribution in [0.2, 0.25) is 0 Å². The van der Waals surface area contributed by atoms with E-state index in [1.807, 2.05) is 24.3 Å². The molecular formula is C22H17NO4. The zero-order chi connectivity index (χ0) is 18.9. The number of hydrogen-bond donors (Lipinski definition) is 0. The van der Waals surface area contributed by atoms with E-state index in [2.05, 4.69) is 0 Å². The van der Waals surface area contributed by atoms with Crippen LogP contribution in [0.15, 0.2) is 48.5 Å². The summed E-state index contributed by atoms with van der Waals surface area (Å²) in [4.78, 5) is 51.8. The van der Waals surface area contributed by atoms with Crippen molar-refractivity contribution >= 4 is 29.1 Å². The Bertz CT molecular complexity index is 1020. The largest absolute Gasteiger partial charge is 0.299 e. The van der Waals surface area contributed by atoms with Gasteiger partial charge in [0, 0.05) is 17.9 Å². The topological polar surface area (TPSA) is 71.5 Å². The fourth-order valence-electron chi connectivity index (χ4n) is 5.06. The summed E-state index contributed by atoms with van der Waals surface area (Å²) in [6, 6.07) is 14.2. The minimum atomic E-state index is -0.619. The quantitative estimate of drug-likeness (QED) is 0.611. The van der Waals surface area contributed by atoms with E-state index in [1.54, 1.807) is 24.3 Å². The van der Waals surface area contributed by atoms with Gasteiger partial charge in [-0.2, -0.15) is 0 Å². The van der Waals surface area contributed by atoms with Crippen molar-refractivity contribution in [2.45, 2.75) is 25.2 Å². The number of ketones is 2. The van der Waals surface area contributed by atoms with Crippen molar-refractivity contribution in [1.82, 2.24) is 0 Å². The number of benzene rings is 2. The first kappa shape index (κ1) is 16.1. The van der Waals surface area contributed by atoms with Crippen molar-refractivity contribution < 1.29 is 19.2 Å². The molecule has 2 aromatic carbocycles. The molecule has 4 atom stereocenters. The van der Waals surface area contributed by atoms with E-state index in [4.69, 9.17) is 0 Å². The maximum absolute atomic E-state index is 13.2. The number of Topliss-reactive ketones (excluding diaryl/α,β-unsaturated/α-hetero) is 2. The van der Waals surface area contributed by atoms with Crippen LogP contribution >= 0.6 is 0 Å². The van der Waals surface area contributed by atoms with E-state index < -0.39 is 17.8 Å². The second-order valence-electron chi connectivity index (χ2n) is 7.55. The minimum Gasteiger partial charge on any atom is -0.299 e. The van der Waals surface area contributed by atoms with E-state index in [0.29, 0.717) is 17.7 Å². The lowest BCUT2D eigenvalue weighted by Crippen LogP contribution is -2.44. The molecule has 2 amide bonds. The smallest absolute Gasteiger partial charge is 0.238 e. The Morgan fingerprint density at radius 1 is 0.889 bits per heavy atom. The Morgan fingerprint density at radius 3 is 2.19 bits per heavy atom. The van der Waals surface area contributed by atoms with Crippen molar-refractivity contribution in [3.05, 3.63) is 65.2 Å². The highest BCUT2D eigenvalue weighted by atomic mass is 16.2.